The maximum atomic E-state index is 12.0. The number of halogens is 2. The van der Waals surface area contributed by atoms with Crippen LogP contribution in [-0.4, -0.2) is 5.78 Å². The first-order valence-electron chi connectivity index (χ1n) is 6.11. The number of ketones is 1. The number of carbonyl (C=O) groups is 1. The second-order valence-electron chi connectivity index (χ2n) is 4.59. The van der Waals surface area contributed by atoms with Gasteiger partial charge in [0.25, 0.3) is 0 Å². The van der Waals surface area contributed by atoms with Gasteiger partial charge in [0.2, 0.25) is 5.88 Å². The minimum absolute atomic E-state index is 0.0408. The van der Waals surface area contributed by atoms with Crippen LogP contribution in [0.1, 0.15) is 25.3 Å². The van der Waals surface area contributed by atoms with Crippen LogP contribution in [0.25, 0.3) is 0 Å². The molecule has 0 saturated carbocycles. The molecule has 1 aliphatic heterocycles. The van der Waals surface area contributed by atoms with Crippen molar-refractivity contribution in [3.05, 3.63) is 56.6 Å². The summed E-state index contributed by atoms with van der Waals surface area (Å²) in [7, 11) is 0. The summed E-state index contributed by atoms with van der Waals surface area (Å²) in [4.78, 5) is 12.0. The first-order chi connectivity index (χ1) is 9.88. The number of hydrogen-bond acceptors (Lipinski definition) is 4. The number of carbonyl (C=O) groups excluding carboxylic acids is 1. The minimum Gasteiger partial charge on any atom is -0.445 e. The van der Waals surface area contributed by atoms with Gasteiger partial charge in [-0.15, -0.1) is 0 Å². The fourth-order valence-corrected chi connectivity index (χ4v) is 3.03. The quantitative estimate of drug-likeness (QED) is 0.901. The molecule has 6 heteroatoms. The number of benzene rings is 1. The van der Waals surface area contributed by atoms with Gasteiger partial charge in [-0.2, -0.15) is 5.26 Å². The molecule has 1 atom stereocenters. The number of Topliss-reactive ketones (excluding diaryl/α,β-unsaturated/α-hetero) is 1. The molecule has 21 heavy (non-hydrogen) atoms. The predicted molar refractivity (Wildman–Crippen MR) is 80.5 cm³/mol. The van der Waals surface area contributed by atoms with Gasteiger partial charge in [0.1, 0.15) is 17.4 Å². The van der Waals surface area contributed by atoms with E-state index in [-0.39, 0.29) is 17.2 Å². The van der Waals surface area contributed by atoms with Crippen molar-refractivity contribution in [1.29, 1.82) is 5.26 Å². The molecule has 0 aromatic heterocycles. The predicted octanol–water partition coefficient (Wildman–Crippen LogP) is 3.66. The second kappa shape index (κ2) is 5.80. The molecule has 2 N–H and O–H groups in total. The summed E-state index contributed by atoms with van der Waals surface area (Å²) in [6, 6.07) is 6.98. The molecule has 1 aliphatic rings. The number of nitrogens with two attached hydrogens (primary N) is 1. The van der Waals surface area contributed by atoms with E-state index < -0.39 is 5.92 Å². The molecular weight excluding hydrogens is 311 g/mol. The fraction of sp³-hybridized carbons (Fsp3) is 0.200. The molecule has 4 nitrogen and oxygen atoms in total. The van der Waals surface area contributed by atoms with E-state index in [1.807, 2.05) is 6.07 Å². The molecule has 1 aromatic rings. The molecule has 0 spiro atoms. The van der Waals surface area contributed by atoms with Crippen LogP contribution in [0.2, 0.25) is 10.0 Å². The van der Waals surface area contributed by atoms with Crippen molar-refractivity contribution in [1.82, 2.24) is 0 Å². The lowest BCUT2D eigenvalue weighted by Crippen LogP contribution is -2.23. The van der Waals surface area contributed by atoms with E-state index in [1.165, 1.54) is 6.92 Å². The summed E-state index contributed by atoms with van der Waals surface area (Å²) < 4.78 is 5.30. The Labute approximate surface area is 132 Å². The largest absolute Gasteiger partial charge is 0.445 e. The number of nitriles is 1. The summed E-state index contributed by atoms with van der Waals surface area (Å²) in [5.41, 5.74) is 6.71. The van der Waals surface area contributed by atoms with Gasteiger partial charge in [-0.3, -0.25) is 4.79 Å². The highest BCUT2D eigenvalue weighted by Crippen LogP contribution is 2.44. The molecule has 0 radical (unpaired) electrons. The third kappa shape index (κ3) is 2.63. The van der Waals surface area contributed by atoms with Crippen LogP contribution in [0.3, 0.4) is 0 Å². The van der Waals surface area contributed by atoms with E-state index in [0.29, 0.717) is 26.9 Å². The number of allylic oxidation sites excluding steroid dienone is 3. The van der Waals surface area contributed by atoms with Gasteiger partial charge in [0.05, 0.1) is 5.92 Å². The van der Waals surface area contributed by atoms with Crippen LogP contribution in [0.4, 0.5) is 0 Å². The van der Waals surface area contributed by atoms with Gasteiger partial charge < -0.3 is 10.5 Å². The first-order valence-corrected chi connectivity index (χ1v) is 6.87. The summed E-state index contributed by atoms with van der Waals surface area (Å²) >= 11 is 12.4. The minimum atomic E-state index is -0.720. The highest BCUT2D eigenvalue weighted by molar-refractivity contribution is 6.36. The van der Waals surface area contributed by atoms with E-state index in [2.05, 4.69) is 0 Å². The van der Waals surface area contributed by atoms with Crippen LogP contribution >= 0.6 is 23.2 Å². The Balaban J connectivity index is 2.79. The number of nitrogens with zero attached hydrogens (tertiary/aromatic N) is 1. The summed E-state index contributed by atoms with van der Waals surface area (Å²) in [6.07, 6.45) is 0. The van der Waals surface area contributed by atoms with E-state index in [4.69, 9.17) is 33.7 Å². The number of hydrogen-bond donors (Lipinski definition) is 1. The molecule has 1 heterocycles. The smallest absolute Gasteiger partial charge is 0.205 e. The summed E-state index contributed by atoms with van der Waals surface area (Å²) in [6.45, 7) is 3.02. The standard InChI is InChI=1S/C15H12Cl2N2O2/c1-7(20)12-8(2)21-15(19)9(6-18)13(12)14-10(16)4-3-5-11(14)17/h3-5,13H,19H2,1-2H3. The van der Waals surface area contributed by atoms with Gasteiger partial charge in [0.15, 0.2) is 5.78 Å². The van der Waals surface area contributed by atoms with Crippen molar-refractivity contribution < 1.29 is 9.53 Å². The zero-order chi connectivity index (χ0) is 15.7. The molecule has 0 aliphatic carbocycles. The molecule has 0 amide bonds. The molecule has 108 valence electrons. The highest BCUT2D eigenvalue weighted by atomic mass is 35.5. The highest BCUT2D eigenvalue weighted by Gasteiger charge is 2.36. The van der Waals surface area contributed by atoms with Crippen molar-refractivity contribution in [2.75, 3.05) is 0 Å². The van der Waals surface area contributed by atoms with E-state index in [1.54, 1.807) is 25.1 Å². The second-order valence-corrected chi connectivity index (χ2v) is 5.40. The zero-order valence-corrected chi connectivity index (χ0v) is 12.9. The number of rotatable bonds is 2. The Morgan fingerprint density at radius 3 is 2.43 bits per heavy atom. The van der Waals surface area contributed by atoms with Gasteiger partial charge in [0, 0.05) is 21.2 Å². The van der Waals surface area contributed by atoms with Crippen LogP contribution < -0.4 is 5.73 Å². The van der Waals surface area contributed by atoms with Gasteiger partial charge in [-0.05, 0) is 26.0 Å². The third-order valence-electron chi connectivity index (χ3n) is 3.27. The Morgan fingerprint density at radius 1 is 1.38 bits per heavy atom. The van der Waals surface area contributed by atoms with Crippen molar-refractivity contribution in [2.45, 2.75) is 19.8 Å². The molecule has 0 fully saturated rings. The van der Waals surface area contributed by atoms with E-state index >= 15 is 0 Å². The molecule has 0 saturated heterocycles. The van der Waals surface area contributed by atoms with Gasteiger partial charge >= 0.3 is 0 Å². The van der Waals surface area contributed by atoms with Crippen LogP contribution in [0, 0.1) is 11.3 Å². The average Bonchev–Trinajstić information content (AvgIpc) is 2.37. The Morgan fingerprint density at radius 2 is 1.95 bits per heavy atom. The normalized spacial score (nSPS) is 18.3. The maximum absolute atomic E-state index is 12.0. The Kier molecular flexibility index (Phi) is 4.26. The monoisotopic (exact) mass is 322 g/mol. The van der Waals surface area contributed by atoms with E-state index in [9.17, 15) is 10.1 Å². The van der Waals surface area contributed by atoms with Crippen LogP contribution in [0.5, 0.6) is 0 Å². The maximum Gasteiger partial charge on any atom is 0.205 e. The zero-order valence-electron chi connectivity index (χ0n) is 11.4. The molecule has 2 rings (SSSR count). The van der Waals surface area contributed by atoms with Crippen LogP contribution in [0.15, 0.2) is 41.0 Å². The molecule has 1 aromatic carbocycles. The van der Waals surface area contributed by atoms with Gasteiger partial charge in [-0.25, -0.2) is 0 Å². The molecule has 1 unspecified atom stereocenters. The van der Waals surface area contributed by atoms with E-state index in [0.717, 1.165) is 0 Å². The van der Waals surface area contributed by atoms with Crippen molar-refractivity contribution in [3.8, 4) is 6.07 Å². The topological polar surface area (TPSA) is 76.1 Å². The lowest BCUT2D eigenvalue weighted by Gasteiger charge is -2.27. The Hall–Kier alpha value is -1.96. The Bertz CT molecular complexity index is 709. The average molecular weight is 323 g/mol. The van der Waals surface area contributed by atoms with Gasteiger partial charge in [-0.1, -0.05) is 29.3 Å². The van der Waals surface area contributed by atoms with Crippen molar-refractivity contribution in [3.63, 3.8) is 0 Å². The number of ether oxygens (including phenoxy) is 1. The fourth-order valence-electron chi connectivity index (χ4n) is 2.41. The molecular formula is C15H12Cl2N2O2. The van der Waals surface area contributed by atoms with Crippen molar-refractivity contribution in [2.24, 2.45) is 5.73 Å². The third-order valence-corrected chi connectivity index (χ3v) is 3.93. The summed E-state index contributed by atoms with van der Waals surface area (Å²) in [5, 5.41) is 10.1. The lowest BCUT2D eigenvalue weighted by molar-refractivity contribution is -0.114. The molecule has 0 bridgehead atoms. The van der Waals surface area contributed by atoms with Crippen molar-refractivity contribution >= 4 is 29.0 Å². The summed E-state index contributed by atoms with van der Waals surface area (Å²) in [5.74, 6) is -0.642. The first kappa shape index (κ1) is 15.4. The van der Waals surface area contributed by atoms with Crippen LogP contribution in [-0.2, 0) is 9.53 Å². The SMILES string of the molecule is CC(=O)C1=C(C)OC(N)=C(C#N)C1c1c(Cl)cccc1Cl. The lowest BCUT2D eigenvalue weighted by atomic mass is 9.81.